The summed E-state index contributed by atoms with van der Waals surface area (Å²) in [5.74, 6) is 0.886. The van der Waals surface area contributed by atoms with Gasteiger partial charge in [0, 0.05) is 24.1 Å². The van der Waals surface area contributed by atoms with E-state index < -0.39 is 0 Å². The van der Waals surface area contributed by atoms with Gasteiger partial charge in [0.15, 0.2) is 0 Å². The van der Waals surface area contributed by atoms with Crippen LogP contribution in [0.3, 0.4) is 0 Å². The van der Waals surface area contributed by atoms with E-state index in [9.17, 15) is 0 Å². The Bertz CT molecular complexity index is 364. The van der Waals surface area contributed by atoms with Crippen LogP contribution in [0.2, 0.25) is 0 Å². The summed E-state index contributed by atoms with van der Waals surface area (Å²) < 4.78 is 0. The van der Waals surface area contributed by atoms with E-state index in [1.54, 1.807) is 0 Å². The molecule has 1 N–H and O–H groups in total. The molecule has 0 amide bonds. The molecule has 0 radical (unpaired) electrons. The molecular formula is C11H17N3. The first-order chi connectivity index (χ1) is 6.48. The van der Waals surface area contributed by atoms with Crippen molar-refractivity contribution in [3.8, 4) is 0 Å². The molecular weight excluding hydrogens is 174 g/mol. The van der Waals surface area contributed by atoms with Gasteiger partial charge < -0.3 is 5.32 Å². The van der Waals surface area contributed by atoms with Crippen LogP contribution in [-0.4, -0.2) is 9.97 Å². The first kappa shape index (κ1) is 9.59. The van der Waals surface area contributed by atoms with E-state index in [0.29, 0.717) is 0 Å². The van der Waals surface area contributed by atoms with Crippen LogP contribution in [-0.2, 0) is 18.5 Å². The molecule has 0 unspecified atom stereocenters. The fourth-order valence-corrected chi connectivity index (χ4v) is 1.91. The molecule has 76 valence electrons. The molecule has 2 heterocycles. The van der Waals surface area contributed by atoms with Crippen molar-refractivity contribution in [3.05, 3.63) is 22.8 Å². The third-order valence-electron chi connectivity index (χ3n) is 2.51. The normalized spacial score (nSPS) is 15.7. The molecule has 0 atom stereocenters. The average Bonchev–Trinajstić information content (AvgIpc) is 2.47. The molecule has 1 aromatic rings. The van der Waals surface area contributed by atoms with E-state index in [1.807, 2.05) is 6.92 Å². The quantitative estimate of drug-likeness (QED) is 0.678. The van der Waals surface area contributed by atoms with Crippen molar-refractivity contribution < 1.29 is 0 Å². The van der Waals surface area contributed by atoms with E-state index in [-0.39, 0.29) is 5.41 Å². The minimum Gasteiger partial charge on any atom is -0.307 e. The predicted octanol–water partition coefficient (Wildman–Crippen LogP) is 1.69. The summed E-state index contributed by atoms with van der Waals surface area (Å²) in [6.07, 6.45) is 0. The van der Waals surface area contributed by atoms with Crippen LogP contribution in [0.25, 0.3) is 0 Å². The maximum absolute atomic E-state index is 4.56. The third kappa shape index (κ3) is 1.52. The van der Waals surface area contributed by atoms with Gasteiger partial charge >= 0.3 is 0 Å². The molecule has 0 spiro atoms. The molecule has 1 aliphatic heterocycles. The van der Waals surface area contributed by atoms with Crippen LogP contribution in [0, 0.1) is 6.92 Å². The fourth-order valence-electron chi connectivity index (χ4n) is 1.91. The Balaban J connectivity index is 2.60. The Hall–Kier alpha value is -0.960. The van der Waals surface area contributed by atoms with Crippen LogP contribution in [0.5, 0.6) is 0 Å². The predicted molar refractivity (Wildman–Crippen MR) is 56.0 cm³/mol. The highest BCUT2D eigenvalue weighted by atomic mass is 15.0. The van der Waals surface area contributed by atoms with Gasteiger partial charge in [0.25, 0.3) is 0 Å². The molecule has 0 aliphatic carbocycles. The second-order valence-corrected chi connectivity index (χ2v) is 4.90. The molecule has 0 fully saturated rings. The summed E-state index contributed by atoms with van der Waals surface area (Å²) in [5.41, 5.74) is 3.81. The minimum absolute atomic E-state index is 0.115. The van der Waals surface area contributed by atoms with Crippen LogP contribution in [0.4, 0.5) is 0 Å². The zero-order chi connectivity index (χ0) is 10.3. The van der Waals surface area contributed by atoms with Crippen LogP contribution in [0.15, 0.2) is 0 Å². The zero-order valence-electron chi connectivity index (χ0n) is 9.31. The highest BCUT2D eigenvalue weighted by Crippen LogP contribution is 2.27. The van der Waals surface area contributed by atoms with Gasteiger partial charge in [-0.3, -0.25) is 0 Å². The topological polar surface area (TPSA) is 37.8 Å². The second kappa shape index (κ2) is 3.02. The average molecular weight is 191 g/mol. The van der Waals surface area contributed by atoms with Gasteiger partial charge in [-0.25, -0.2) is 9.97 Å². The Morgan fingerprint density at radius 2 is 1.86 bits per heavy atom. The lowest BCUT2D eigenvalue weighted by molar-refractivity contribution is 0.555. The molecule has 1 aromatic heterocycles. The number of hydrogen-bond donors (Lipinski definition) is 1. The van der Waals surface area contributed by atoms with E-state index in [1.165, 1.54) is 17.0 Å². The van der Waals surface area contributed by atoms with Gasteiger partial charge in [-0.2, -0.15) is 0 Å². The molecule has 0 saturated carbocycles. The van der Waals surface area contributed by atoms with Crippen molar-refractivity contribution >= 4 is 0 Å². The third-order valence-corrected chi connectivity index (χ3v) is 2.51. The fraction of sp³-hybridized carbons (Fsp3) is 0.636. The first-order valence-electron chi connectivity index (χ1n) is 5.06. The Kier molecular flexibility index (Phi) is 2.07. The first-order valence-corrected chi connectivity index (χ1v) is 5.06. The number of hydrogen-bond acceptors (Lipinski definition) is 3. The minimum atomic E-state index is 0.115. The monoisotopic (exact) mass is 191 g/mol. The highest BCUT2D eigenvalue weighted by molar-refractivity contribution is 5.33. The second-order valence-electron chi connectivity index (χ2n) is 4.90. The summed E-state index contributed by atoms with van der Waals surface area (Å²) >= 11 is 0. The number of rotatable bonds is 0. The molecule has 0 bridgehead atoms. The van der Waals surface area contributed by atoms with Crippen molar-refractivity contribution in [2.45, 2.75) is 46.2 Å². The largest absolute Gasteiger partial charge is 0.307 e. The van der Waals surface area contributed by atoms with Crippen molar-refractivity contribution in [2.24, 2.45) is 0 Å². The Morgan fingerprint density at radius 3 is 2.50 bits per heavy atom. The van der Waals surface area contributed by atoms with Gasteiger partial charge in [-0.15, -0.1) is 0 Å². The summed E-state index contributed by atoms with van der Waals surface area (Å²) in [6.45, 7) is 10.4. The summed E-state index contributed by atoms with van der Waals surface area (Å²) in [5, 5.41) is 3.32. The number of nitrogens with one attached hydrogen (secondary N) is 1. The molecule has 0 saturated heterocycles. The molecule has 1 aliphatic rings. The van der Waals surface area contributed by atoms with E-state index >= 15 is 0 Å². The lowest BCUT2D eigenvalue weighted by Gasteiger charge is -2.21. The molecule has 0 aromatic carbocycles. The smallest absolute Gasteiger partial charge is 0.125 e. The number of aryl methyl sites for hydroxylation is 1. The summed E-state index contributed by atoms with van der Waals surface area (Å²) in [4.78, 5) is 9.02. The Morgan fingerprint density at radius 1 is 1.14 bits per heavy atom. The highest BCUT2D eigenvalue weighted by Gasteiger charge is 2.25. The maximum Gasteiger partial charge on any atom is 0.125 e. The molecule has 2 rings (SSSR count). The van der Waals surface area contributed by atoms with E-state index in [2.05, 4.69) is 36.1 Å². The van der Waals surface area contributed by atoms with Gasteiger partial charge in [-0.05, 0) is 6.92 Å². The zero-order valence-corrected chi connectivity index (χ0v) is 9.31. The Labute approximate surface area is 85.0 Å². The number of aromatic nitrogens is 2. The maximum atomic E-state index is 4.56. The summed E-state index contributed by atoms with van der Waals surface area (Å²) in [6, 6.07) is 0. The van der Waals surface area contributed by atoms with Crippen molar-refractivity contribution in [1.82, 2.24) is 15.3 Å². The van der Waals surface area contributed by atoms with Crippen LogP contribution < -0.4 is 5.32 Å². The molecule has 3 nitrogen and oxygen atoms in total. The lowest BCUT2D eigenvalue weighted by atomic mass is 9.88. The van der Waals surface area contributed by atoms with Crippen molar-refractivity contribution in [3.63, 3.8) is 0 Å². The van der Waals surface area contributed by atoms with Gasteiger partial charge in [0.1, 0.15) is 5.82 Å². The summed E-state index contributed by atoms with van der Waals surface area (Å²) in [7, 11) is 0. The van der Waals surface area contributed by atoms with Gasteiger partial charge in [0.05, 0.1) is 11.4 Å². The van der Waals surface area contributed by atoms with E-state index in [0.717, 1.165) is 18.9 Å². The van der Waals surface area contributed by atoms with Gasteiger partial charge in [-0.1, -0.05) is 20.8 Å². The lowest BCUT2D eigenvalue weighted by Crippen LogP contribution is -2.18. The van der Waals surface area contributed by atoms with Crippen molar-refractivity contribution in [1.29, 1.82) is 0 Å². The molecule has 3 heteroatoms. The van der Waals surface area contributed by atoms with E-state index in [4.69, 9.17) is 0 Å². The van der Waals surface area contributed by atoms with Gasteiger partial charge in [0.2, 0.25) is 0 Å². The van der Waals surface area contributed by atoms with Crippen LogP contribution >= 0.6 is 0 Å². The standard InChI is InChI=1S/C11H17N3/c1-7-13-9-6-12-5-8(9)10(14-7)11(2,3)4/h12H,5-6H2,1-4H3. The van der Waals surface area contributed by atoms with Crippen LogP contribution in [0.1, 0.15) is 43.5 Å². The SMILES string of the molecule is Cc1nc2c(c(C(C)(C)C)n1)CNC2. The number of nitrogens with zero attached hydrogens (tertiary/aromatic N) is 2. The molecule has 14 heavy (non-hydrogen) atoms. The number of fused-ring (bicyclic) bond motifs is 1. The van der Waals surface area contributed by atoms with Crippen molar-refractivity contribution in [2.75, 3.05) is 0 Å².